The summed E-state index contributed by atoms with van der Waals surface area (Å²) < 4.78 is 0. The topological polar surface area (TPSA) is 58.2 Å². The minimum absolute atomic E-state index is 0.118. The highest BCUT2D eigenvalue weighted by molar-refractivity contribution is 9.09. The van der Waals surface area contributed by atoms with Gasteiger partial charge in [-0.15, -0.1) is 0 Å². The molecule has 1 aromatic carbocycles. The molecule has 4 nitrogen and oxygen atoms in total. The van der Waals surface area contributed by atoms with E-state index in [1.165, 1.54) is 7.05 Å². The number of benzene rings is 1. The summed E-state index contributed by atoms with van der Waals surface area (Å²) >= 11 is 9.06. The van der Waals surface area contributed by atoms with Crippen molar-refractivity contribution in [2.24, 2.45) is 0 Å². The van der Waals surface area contributed by atoms with E-state index in [1.807, 2.05) is 0 Å². The number of halogens is 2. The molecule has 0 radical (unpaired) electrons. The molecule has 0 aromatic heterocycles. The highest BCUT2D eigenvalue weighted by Gasteiger charge is 2.10. The van der Waals surface area contributed by atoms with Gasteiger partial charge in [0.2, 0.25) is 5.91 Å². The molecular formula is C11H12BrClN2O2. The van der Waals surface area contributed by atoms with Crippen LogP contribution in [0.2, 0.25) is 5.02 Å². The first-order valence-corrected chi connectivity index (χ1v) is 6.46. The van der Waals surface area contributed by atoms with Crippen LogP contribution in [0.15, 0.2) is 18.2 Å². The van der Waals surface area contributed by atoms with Crippen LogP contribution in [0.5, 0.6) is 0 Å². The molecule has 0 unspecified atom stereocenters. The first-order chi connectivity index (χ1) is 8.08. The third-order valence-corrected chi connectivity index (χ3v) is 2.77. The van der Waals surface area contributed by atoms with E-state index < -0.39 is 0 Å². The Kier molecular flexibility index (Phi) is 5.44. The van der Waals surface area contributed by atoms with Crippen molar-refractivity contribution in [3.8, 4) is 0 Å². The lowest BCUT2D eigenvalue weighted by molar-refractivity contribution is -0.115. The molecule has 92 valence electrons. The van der Waals surface area contributed by atoms with E-state index in [-0.39, 0.29) is 11.8 Å². The van der Waals surface area contributed by atoms with Gasteiger partial charge in [0, 0.05) is 24.5 Å². The number of carbonyl (C=O) groups is 2. The van der Waals surface area contributed by atoms with E-state index in [2.05, 4.69) is 26.6 Å². The Morgan fingerprint density at radius 2 is 2.12 bits per heavy atom. The van der Waals surface area contributed by atoms with Gasteiger partial charge in [0.15, 0.2) is 0 Å². The van der Waals surface area contributed by atoms with Gasteiger partial charge in [0.1, 0.15) is 0 Å². The minimum Gasteiger partial charge on any atom is -0.355 e. The highest BCUT2D eigenvalue weighted by Crippen LogP contribution is 2.20. The second-order valence-corrected chi connectivity index (χ2v) is 4.46. The zero-order chi connectivity index (χ0) is 12.8. The molecule has 2 amide bonds. The number of alkyl halides is 1. The predicted octanol–water partition coefficient (Wildman–Crippen LogP) is 2.42. The van der Waals surface area contributed by atoms with Crippen molar-refractivity contribution < 1.29 is 9.59 Å². The Bertz CT molecular complexity index is 437. The lowest BCUT2D eigenvalue weighted by atomic mass is 10.2. The summed E-state index contributed by atoms with van der Waals surface area (Å²) in [7, 11) is 1.52. The molecule has 0 saturated carbocycles. The fourth-order valence-electron chi connectivity index (χ4n) is 1.22. The Balaban J connectivity index is 2.89. The molecule has 6 heteroatoms. The molecule has 0 heterocycles. The molecule has 1 rings (SSSR count). The first-order valence-electron chi connectivity index (χ1n) is 4.96. The number of hydrogen-bond donors (Lipinski definition) is 2. The van der Waals surface area contributed by atoms with Crippen LogP contribution in [-0.4, -0.2) is 24.2 Å². The van der Waals surface area contributed by atoms with E-state index >= 15 is 0 Å². The summed E-state index contributed by atoms with van der Waals surface area (Å²) in [6, 6.07) is 4.78. The van der Waals surface area contributed by atoms with Gasteiger partial charge >= 0.3 is 0 Å². The molecule has 0 saturated heterocycles. The van der Waals surface area contributed by atoms with Crippen molar-refractivity contribution in [3.05, 3.63) is 28.8 Å². The molecule has 0 aliphatic heterocycles. The number of amides is 2. The summed E-state index contributed by atoms with van der Waals surface area (Å²) in [6.07, 6.45) is 0.373. The third-order valence-electron chi connectivity index (χ3n) is 2.04. The maximum absolute atomic E-state index is 11.5. The van der Waals surface area contributed by atoms with E-state index in [4.69, 9.17) is 11.6 Å². The van der Waals surface area contributed by atoms with Crippen LogP contribution in [0.4, 0.5) is 5.69 Å². The second-order valence-electron chi connectivity index (χ2n) is 3.26. The molecule has 0 aliphatic carbocycles. The summed E-state index contributed by atoms with van der Waals surface area (Å²) in [4.78, 5) is 22.9. The number of rotatable bonds is 4. The van der Waals surface area contributed by atoms with Crippen molar-refractivity contribution in [3.63, 3.8) is 0 Å². The molecule has 0 bridgehead atoms. The summed E-state index contributed by atoms with van der Waals surface area (Å²) in [5, 5.41) is 6.11. The highest BCUT2D eigenvalue weighted by atomic mass is 79.9. The average Bonchev–Trinajstić information content (AvgIpc) is 2.31. The number of carbonyl (C=O) groups excluding carboxylic acids is 2. The van der Waals surface area contributed by atoms with Crippen LogP contribution in [-0.2, 0) is 4.79 Å². The van der Waals surface area contributed by atoms with Gasteiger partial charge in [-0.3, -0.25) is 9.59 Å². The van der Waals surface area contributed by atoms with Crippen LogP contribution >= 0.6 is 27.5 Å². The van der Waals surface area contributed by atoms with Crippen molar-refractivity contribution >= 4 is 45.0 Å². The van der Waals surface area contributed by atoms with E-state index in [0.717, 1.165) is 0 Å². The van der Waals surface area contributed by atoms with E-state index in [1.54, 1.807) is 18.2 Å². The van der Waals surface area contributed by atoms with Gasteiger partial charge in [-0.05, 0) is 18.2 Å². The predicted molar refractivity (Wildman–Crippen MR) is 71.9 cm³/mol. The molecule has 0 aliphatic rings. The molecule has 1 aromatic rings. The van der Waals surface area contributed by atoms with Crippen LogP contribution in [0, 0.1) is 0 Å². The number of hydrogen-bond acceptors (Lipinski definition) is 2. The fourth-order valence-corrected chi connectivity index (χ4v) is 1.78. The summed E-state index contributed by atoms with van der Waals surface area (Å²) in [6.45, 7) is 0. The summed E-state index contributed by atoms with van der Waals surface area (Å²) in [5.74, 6) is -0.404. The second kappa shape index (κ2) is 6.61. The van der Waals surface area contributed by atoms with Crippen molar-refractivity contribution in [1.29, 1.82) is 0 Å². The monoisotopic (exact) mass is 318 g/mol. The van der Waals surface area contributed by atoms with Crippen molar-refractivity contribution in [1.82, 2.24) is 5.32 Å². The molecule has 0 atom stereocenters. The quantitative estimate of drug-likeness (QED) is 0.837. The first kappa shape index (κ1) is 14.0. The van der Waals surface area contributed by atoms with Crippen molar-refractivity contribution in [2.45, 2.75) is 6.42 Å². The lowest BCUT2D eigenvalue weighted by Gasteiger charge is -2.07. The summed E-state index contributed by atoms with van der Waals surface area (Å²) in [5.41, 5.74) is 0.893. The zero-order valence-electron chi connectivity index (χ0n) is 9.22. The molecule has 0 fully saturated rings. The largest absolute Gasteiger partial charge is 0.355 e. The van der Waals surface area contributed by atoms with E-state index in [0.29, 0.717) is 28.0 Å². The lowest BCUT2D eigenvalue weighted by Crippen LogP contribution is -2.19. The maximum Gasteiger partial charge on any atom is 0.252 e. The van der Waals surface area contributed by atoms with Gasteiger partial charge in [-0.25, -0.2) is 0 Å². The van der Waals surface area contributed by atoms with Crippen LogP contribution in [0.25, 0.3) is 0 Å². The van der Waals surface area contributed by atoms with Gasteiger partial charge in [0.25, 0.3) is 5.91 Å². The molecule has 0 spiro atoms. The van der Waals surface area contributed by atoms with Gasteiger partial charge in [0.05, 0.1) is 10.6 Å². The third kappa shape index (κ3) is 4.02. The zero-order valence-corrected chi connectivity index (χ0v) is 11.6. The Hall–Kier alpha value is -1.07. The van der Waals surface area contributed by atoms with Gasteiger partial charge in [-0.1, -0.05) is 27.5 Å². The number of anilines is 1. The Labute approximate surface area is 113 Å². The van der Waals surface area contributed by atoms with Gasteiger partial charge in [-0.2, -0.15) is 0 Å². The molecule has 17 heavy (non-hydrogen) atoms. The van der Waals surface area contributed by atoms with Crippen molar-refractivity contribution in [2.75, 3.05) is 17.7 Å². The Morgan fingerprint density at radius 3 is 2.71 bits per heavy atom. The standard InChI is InChI=1S/C11H12BrClN2O2/c1-14-11(17)8-6-7(2-3-9(8)13)15-10(16)4-5-12/h2-3,6H,4-5H2,1H3,(H,14,17)(H,15,16). The molecular weight excluding hydrogens is 307 g/mol. The average molecular weight is 320 g/mol. The SMILES string of the molecule is CNC(=O)c1cc(NC(=O)CCBr)ccc1Cl. The van der Waals surface area contributed by atoms with E-state index in [9.17, 15) is 9.59 Å². The van der Waals surface area contributed by atoms with Crippen LogP contribution in [0.3, 0.4) is 0 Å². The van der Waals surface area contributed by atoms with Gasteiger partial charge < -0.3 is 10.6 Å². The fraction of sp³-hybridized carbons (Fsp3) is 0.273. The normalized spacial score (nSPS) is 9.82. The Morgan fingerprint density at radius 1 is 1.41 bits per heavy atom. The smallest absolute Gasteiger partial charge is 0.252 e. The minimum atomic E-state index is -0.286. The van der Waals surface area contributed by atoms with Crippen LogP contribution < -0.4 is 10.6 Å². The van der Waals surface area contributed by atoms with Crippen LogP contribution in [0.1, 0.15) is 16.8 Å². The number of nitrogens with one attached hydrogen (secondary N) is 2. The molecule has 2 N–H and O–H groups in total. The maximum atomic E-state index is 11.5.